The van der Waals surface area contributed by atoms with Crippen molar-refractivity contribution in [1.29, 1.82) is 0 Å². The molecule has 0 saturated carbocycles. The van der Waals surface area contributed by atoms with Gasteiger partial charge >= 0.3 is 0 Å². The van der Waals surface area contributed by atoms with Crippen LogP contribution in [0, 0.1) is 0 Å². The Morgan fingerprint density at radius 3 is 2.27 bits per heavy atom. The fraction of sp³-hybridized carbons (Fsp3) is 0.0870. The molecule has 1 aliphatic heterocycles. The molecule has 0 unspecified atom stereocenters. The van der Waals surface area contributed by atoms with E-state index in [1.165, 1.54) is 68.8 Å². The molecule has 9 nitrogen and oxygen atoms in total. The van der Waals surface area contributed by atoms with Crippen molar-refractivity contribution in [2.75, 3.05) is 24.2 Å². The molecule has 0 aliphatic carbocycles. The van der Waals surface area contributed by atoms with Gasteiger partial charge in [0.05, 0.1) is 34.4 Å². The number of carbonyl (C=O) groups excluding carboxylic acids is 3. The lowest BCUT2D eigenvalue weighted by Crippen LogP contribution is -2.24. The first-order chi connectivity index (χ1) is 15.7. The summed E-state index contributed by atoms with van der Waals surface area (Å²) in [5.41, 5.74) is 0.900. The van der Waals surface area contributed by atoms with Gasteiger partial charge in [-0.15, -0.1) is 0 Å². The number of amides is 3. The number of nitrogens with one attached hydrogen (secondary N) is 2. The second kappa shape index (κ2) is 8.40. The number of para-hydroxylation sites is 1. The summed E-state index contributed by atoms with van der Waals surface area (Å²) in [6.45, 7) is 0. The third-order valence-corrected chi connectivity index (χ3v) is 6.51. The van der Waals surface area contributed by atoms with Crippen LogP contribution in [0.25, 0.3) is 0 Å². The van der Waals surface area contributed by atoms with Crippen molar-refractivity contribution in [3.05, 3.63) is 83.4 Å². The van der Waals surface area contributed by atoms with E-state index in [0.717, 1.165) is 4.90 Å². The van der Waals surface area contributed by atoms with Gasteiger partial charge in [-0.05, 0) is 54.6 Å². The molecule has 0 aromatic heterocycles. The highest BCUT2D eigenvalue weighted by Gasteiger charge is 2.32. The first-order valence-corrected chi connectivity index (χ1v) is 11.2. The molecule has 168 valence electrons. The largest absolute Gasteiger partial charge is 0.497 e. The zero-order chi connectivity index (χ0) is 23.8. The van der Waals surface area contributed by atoms with Crippen LogP contribution in [-0.4, -0.2) is 45.2 Å². The molecule has 0 fully saturated rings. The van der Waals surface area contributed by atoms with Gasteiger partial charge in [-0.25, -0.2) is 8.42 Å². The molecule has 0 atom stereocenters. The van der Waals surface area contributed by atoms with Gasteiger partial charge < -0.3 is 10.1 Å². The van der Waals surface area contributed by atoms with Crippen molar-refractivity contribution >= 4 is 39.1 Å². The number of rotatable bonds is 6. The standard InChI is InChI=1S/C23H19N3O6S/c1-26-22(28)17-12-7-14(13-19(17)23(26)29)24-21(27)18-5-3-4-6-20(18)25-33(30,31)16-10-8-15(32-2)9-11-16/h3-13,25H,1-2H3,(H,24,27). The molecule has 0 spiro atoms. The monoisotopic (exact) mass is 465 g/mol. The van der Waals surface area contributed by atoms with E-state index >= 15 is 0 Å². The van der Waals surface area contributed by atoms with Crippen LogP contribution >= 0.6 is 0 Å². The van der Waals surface area contributed by atoms with Gasteiger partial charge in [-0.2, -0.15) is 0 Å². The fourth-order valence-corrected chi connectivity index (χ4v) is 4.45. The van der Waals surface area contributed by atoms with E-state index < -0.39 is 27.7 Å². The van der Waals surface area contributed by atoms with Crippen LogP contribution in [0.15, 0.2) is 71.6 Å². The molecular weight excluding hydrogens is 446 g/mol. The van der Waals surface area contributed by atoms with Crippen LogP contribution in [0.1, 0.15) is 31.1 Å². The van der Waals surface area contributed by atoms with Gasteiger partial charge in [0.2, 0.25) is 0 Å². The van der Waals surface area contributed by atoms with Gasteiger partial charge in [-0.1, -0.05) is 12.1 Å². The third-order valence-electron chi connectivity index (χ3n) is 5.13. The minimum Gasteiger partial charge on any atom is -0.497 e. The minimum atomic E-state index is -3.97. The second-order valence-corrected chi connectivity index (χ2v) is 8.89. The van der Waals surface area contributed by atoms with Crippen molar-refractivity contribution < 1.29 is 27.5 Å². The fourth-order valence-electron chi connectivity index (χ4n) is 3.37. The zero-order valence-electron chi connectivity index (χ0n) is 17.7. The van der Waals surface area contributed by atoms with Crippen LogP contribution in [0.3, 0.4) is 0 Å². The van der Waals surface area contributed by atoms with Crippen LogP contribution in [0.5, 0.6) is 5.75 Å². The number of fused-ring (bicyclic) bond motifs is 1. The Morgan fingerprint density at radius 1 is 0.909 bits per heavy atom. The number of benzene rings is 3. The number of anilines is 2. The number of hydrogen-bond acceptors (Lipinski definition) is 6. The summed E-state index contributed by atoms with van der Waals surface area (Å²) >= 11 is 0. The number of carbonyl (C=O) groups is 3. The maximum absolute atomic E-state index is 12.9. The van der Waals surface area contributed by atoms with Gasteiger partial charge in [0.15, 0.2) is 0 Å². The normalized spacial score (nSPS) is 13.0. The van der Waals surface area contributed by atoms with Crippen LogP contribution < -0.4 is 14.8 Å². The van der Waals surface area contributed by atoms with E-state index in [4.69, 9.17) is 4.74 Å². The van der Waals surface area contributed by atoms with Crippen molar-refractivity contribution in [2.24, 2.45) is 0 Å². The maximum atomic E-state index is 12.9. The Labute approximate surface area is 190 Å². The number of methoxy groups -OCH3 is 1. The number of sulfonamides is 1. The van der Waals surface area contributed by atoms with E-state index in [2.05, 4.69) is 10.0 Å². The van der Waals surface area contributed by atoms with Gasteiger partial charge in [-0.3, -0.25) is 24.0 Å². The Hall–Kier alpha value is -4.18. The number of imide groups is 1. The van der Waals surface area contributed by atoms with Gasteiger partial charge in [0.25, 0.3) is 27.7 Å². The SMILES string of the molecule is COc1ccc(S(=O)(=O)Nc2ccccc2C(=O)Nc2ccc3c(c2)C(=O)N(C)C3=O)cc1. The maximum Gasteiger partial charge on any atom is 0.261 e. The Bertz CT molecular complexity index is 1380. The minimum absolute atomic E-state index is 0.00410. The van der Waals surface area contributed by atoms with E-state index in [1.807, 2.05) is 0 Å². The predicted molar refractivity (Wildman–Crippen MR) is 121 cm³/mol. The highest BCUT2D eigenvalue weighted by Crippen LogP contribution is 2.26. The summed E-state index contributed by atoms with van der Waals surface area (Å²) in [4.78, 5) is 38.2. The van der Waals surface area contributed by atoms with Crippen molar-refractivity contribution in [3.63, 3.8) is 0 Å². The summed E-state index contributed by atoms with van der Waals surface area (Å²) in [5, 5.41) is 2.65. The van der Waals surface area contributed by atoms with Crippen LogP contribution in [0.2, 0.25) is 0 Å². The molecule has 0 bridgehead atoms. The lowest BCUT2D eigenvalue weighted by Gasteiger charge is -2.13. The molecule has 0 radical (unpaired) electrons. The molecule has 0 saturated heterocycles. The molecule has 2 N–H and O–H groups in total. The second-order valence-electron chi connectivity index (χ2n) is 7.21. The van der Waals surface area contributed by atoms with E-state index in [-0.39, 0.29) is 27.3 Å². The van der Waals surface area contributed by atoms with E-state index in [1.54, 1.807) is 12.1 Å². The first kappa shape index (κ1) is 22.0. The summed E-state index contributed by atoms with van der Waals surface area (Å²) in [7, 11) is -1.11. The van der Waals surface area contributed by atoms with Crippen LogP contribution in [0.4, 0.5) is 11.4 Å². The average molecular weight is 465 g/mol. The quantitative estimate of drug-likeness (QED) is 0.540. The summed E-state index contributed by atoms with van der Waals surface area (Å²) in [6.07, 6.45) is 0. The molecule has 1 aliphatic rings. The highest BCUT2D eigenvalue weighted by molar-refractivity contribution is 7.92. The zero-order valence-corrected chi connectivity index (χ0v) is 18.5. The predicted octanol–water partition coefficient (Wildman–Crippen LogP) is 2.97. The molecule has 1 heterocycles. The van der Waals surface area contributed by atoms with Crippen molar-refractivity contribution in [3.8, 4) is 5.75 Å². The molecule has 3 aromatic rings. The van der Waals surface area contributed by atoms with E-state index in [9.17, 15) is 22.8 Å². The molecule has 3 amide bonds. The first-order valence-electron chi connectivity index (χ1n) is 9.75. The highest BCUT2D eigenvalue weighted by atomic mass is 32.2. The topological polar surface area (TPSA) is 122 Å². The smallest absolute Gasteiger partial charge is 0.261 e. The lowest BCUT2D eigenvalue weighted by atomic mass is 10.1. The van der Waals surface area contributed by atoms with Gasteiger partial charge in [0, 0.05) is 12.7 Å². The molecule has 3 aromatic carbocycles. The number of nitrogens with zero attached hydrogens (tertiary/aromatic N) is 1. The van der Waals surface area contributed by atoms with Gasteiger partial charge in [0.1, 0.15) is 5.75 Å². The molecule has 4 rings (SSSR count). The number of hydrogen-bond donors (Lipinski definition) is 2. The van der Waals surface area contributed by atoms with Crippen LogP contribution in [-0.2, 0) is 10.0 Å². The van der Waals surface area contributed by atoms with Crippen molar-refractivity contribution in [2.45, 2.75) is 4.90 Å². The summed E-state index contributed by atoms with van der Waals surface area (Å²) in [6, 6.07) is 16.3. The Morgan fingerprint density at radius 2 is 1.58 bits per heavy atom. The Balaban J connectivity index is 1.58. The number of ether oxygens (including phenoxy) is 1. The van der Waals surface area contributed by atoms with E-state index in [0.29, 0.717) is 11.4 Å². The Kier molecular flexibility index (Phi) is 5.60. The molecule has 33 heavy (non-hydrogen) atoms. The average Bonchev–Trinajstić information content (AvgIpc) is 3.02. The summed E-state index contributed by atoms with van der Waals surface area (Å²) in [5.74, 6) is -0.951. The molecule has 10 heteroatoms. The third kappa shape index (κ3) is 4.15. The summed E-state index contributed by atoms with van der Waals surface area (Å²) < 4.78 is 33.1. The van der Waals surface area contributed by atoms with Crippen molar-refractivity contribution in [1.82, 2.24) is 4.90 Å². The lowest BCUT2D eigenvalue weighted by molar-refractivity contribution is 0.0692. The molecular formula is C23H19N3O6S.